The minimum absolute atomic E-state index is 0.107. The molecule has 2 atom stereocenters. The summed E-state index contributed by atoms with van der Waals surface area (Å²) in [6.45, 7) is 8.38. The summed E-state index contributed by atoms with van der Waals surface area (Å²) in [5.74, 6) is 0.763. The molecular formula is C16H25NO3. The molecule has 1 N–H and O–H groups in total. The number of aliphatic hydroxyl groups is 1. The number of benzene rings is 1. The van der Waals surface area contributed by atoms with Crippen LogP contribution in [-0.4, -0.2) is 49.0 Å². The molecule has 2 unspecified atom stereocenters. The summed E-state index contributed by atoms with van der Waals surface area (Å²) in [4.78, 5) is 2.37. The van der Waals surface area contributed by atoms with Crippen molar-refractivity contribution in [2.75, 3.05) is 32.8 Å². The average molecular weight is 279 g/mol. The molecule has 1 aromatic carbocycles. The van der Waals surface area contributed by atoms with Crippen molar-refractivity contribution in [3.63, 3.8) is 0 Å². The highest BCUT2D eigenvalue weighted by Gasteiger charge is 2.20. The largest absolute Gasteiger partial charge is 0.490 e. The lowest BCUT2D eigenvalue weighted by molar-refractivity contribution is -0.0467. The summed E-state index contributed by atoms with van der Waals surface area (Å²) in [6, 6.07) is 7.69. The molecule has 4 heteroatoms. The van der Waals surface area contributed by atoms with Gasteiger partial charge in [0.25, 0.3) is 0 Å². The zero-order valence-corrected chi connectivity index (χ0v) is 12.4. The Labute approximate surface area is 121 Å². The molecular weight excluding hydrogens is 254 g/mol. The Hall–Kier alpha value is -1.10. The van der Waals surface area contributed by atoms with E-state index in [2.05, 4.69) is 11.8 Å². The molecule has 1 fully saturated rings. The SMILES string of the molecule is CCC(O)c1ccccc1OCC1CN(CC)CCO1. The number of ether oxygens (including phenoxy) is 2. The van der Waals surface area contributed by atoms with Crippen molar-refractivity contribution < 1.29 is 14.6 Å². The molecule has 0 saturated carbocycles. The molecule has 112 valence electrons. The Balaban J connectivity index is 1.93. The molecule has 20 heavy (non-hydrogen) atoms. The third kappa shape index (κ3) is 3.95. The van der Waals surface area contributed by atoms with E-state index < -0.39 is 6.10 Å². The second-order valence-corrected chi connectivity index (χ2v) is 5.16. The van der Waals surface area contributed by atoms with Crippen molar-refractivity contribution in [2.45, 2.75) is 32.5 Å². The van der Waals surface area contributed by atoms with Crippen LogP contribution in [0.1, 0.15) is 31.9 Å². The lowest BCUT2D eigenvalue weighted by Crippen LogP contribution is -2.44. The summed E-state index contributed by atoms with van der Waals surface area (Å²) in [5.41, 5.74) is 0.859. The Bertz CT molecular complexity index is 410. The summed E-state index contributed by atoms with van der Waals surface area (Å²) in [5, 5.41) is 10.0. The number of morpholine rings is 1. The Morgan fingerprint density at radius 2 is 2.20 bits per heavy atom. The van der Waals surface area contributed by atoms with E-state index in [1.165, 1.54) is 0 Å². The number of hydrogen-bond donors (Lipinski definition) is 1. The van der Waals surface area contributed by atoms with Crippen molar-refractivity contribution in [2.24, 2.45) is 0 Å². The maximum absolute atomic E-state index is 10.0. The molecule has 0 radical (unpaired) electrons. The normalized spacial score (nSPS) is 21.6. The van der Waals surface area contributed by atoms with Gasteiger partial charge in [0.1, 0.15) is 18.5 Å². The van der Waals surface area contributed by atoms with Gasteiger partial charge in [-0.1, -0.05) is 32.0 Å². The number of aliphatic hydroxyl groups excluding tert-OH is 1. The molecule has 0 spiro atoms. The van der Waals surface area contributed by atoms with Crippen LogP contribution < -0.4 is 4.74 Å². The molecule has 0 bridgehead atoms. The van der Waals surface area contributed by atoms with Gasteiger partial charge in [0.2, 0.25) is 0 Å². The van der Waals surface area contributed by atoms with Crippen LogP contribution in [0.25, 0.3) is 0 Å². The van der Waals surface area contributed by atoms with Gasteiger partial charge in [0, 0.05) is 18.7 Å². The number of para-hydroxylation sites is 1. The highest BCUT2D eigenvalue weighted by atomic mass is 16.5. The highest BCUT2D eigenvalue weighted by Crippen LogP contribution is 2.27. The molecule has 2 rings (SSSR count). The van der Waals surface area contributed by atoms with Crippen LogP contribution in [0.3, 0.4) is 0 Å². The third-order valence-corrected chi connectivity index (χ3v) is 3.76. The smallest absolute Gasteiger partial charge is 0.125 e. The fraction of sp³-hybridized carbons (Fsp3) is 0.625. The third-order valence-electron chi connectivity index (χ3n) is 3.76. The fourth-order valence-corrected chi connectivity index (χ4v) is 2.46. The monoisotopic (exact) mass is 279 g/mol. The zero-order chi connectivity index (χ0) is 14.4. The Morgan fingerprint density at radius 1 is 1.40 bits per heavy atom. The Morgan fingerprint density at radius 3 is 2.95 bits per heavy atom. The van der Waals surface area contributed by atoms with Crippen LogP contribution in [-0.2, 0) is 4.74 Å². The first-order valence-corrected chi connectivity index (χ1v) is 7.48. The van der Waals surface area contributed by atoms with Crippen LogP contribution in [0, 0.1) is 0 Å². The predicted molar refractivity (Wildman–Crippen MR) is 79.0 cm³/mol. The van der Waals surface area contributed by atoms with E-state index in [9.17, 15) is 5.11 Å². The lowest BCUT2D eigenvalue weighted by Gasteiger charge is -2.32. The quantitative estimate of drug-likeness (QED) is 0.867. The van der Waals surface area contributed by atoms with Gasteiger partial charge in [0.05, 0.1) is 12.7 Å². The maximum atomic E-state index is 10.0. The van der Waals surface area contributed by atoms with Crippen molar-refractivity contribution in [1.29, 1.82) is 0 Å². The van der Waals surface area contributed by atoms with E-state index in [0.29, 0.717) is 13.0 Å². The van der Waals surface area contributed by atoms with Crippen molar-refractivity contribution in [3.8, 4) is 5.75 Å². The van der Waals surface area contributed by atoms with E-state index in [1.807, 2.05) is 31.2 Å². The first-order chi connectivity index (χ1) is 9.74. The highest BCUT2D eigenvalue weighted by molar-refractivity contribution is 5.35. The molecule has 0 amide bonds. The van der Waals surface area contributed by atoms with Gasteiger partial charge in [-0.2, -0.15) is 0 Å². The molecule has 0 aromatic heterocycles. The van der Waals surface area contributed by atoms with Crippen LogP contribution in [0.15, 0.2) is 24.3 Å². The number of likely N-dealkylation sites (N-methyl/N-ethyl adjacent to an activating group) is 1. The molecule has 1 saturated heterocycles. The standard InChI is InChI=1S/C16H25NO3/c1-3-15(18)14-7-5-6-8-16(14)20-12-13-11-17(4-2)9-10-19-13/h5-8,13,15,18H,3-4,9-12H2,1-2H3. The zero-order valence-electron chi connectivity index (χ0n) is 12.4. The second-order valence-electron chi connectivity index (χ2n) is 5.16. The number of nitrogens with zero attached hydrogens (tertiary/aromatic N) is 1. The van der Waals surface area contributed by atoms with Gasteiger partial charge in [-0.05, 0) is 19.0 Å². The summed E-state index contributed by atoms with van der Waals surface area (Å²) < 4.78 is 11.6. The van der Waals surface area contributed by atoms with Crippen molar-refractivity contribution in [1.82, 2.24) is 4.90 Å². The van der Waals surface area contributed by atoms with E-state index in [4.69, 9.17) is 9.47 Å². The fourth-order valence-electron chi connectivity index (χ4n) is 2.46. The van der Waals surface area contributed by atoms with E-state index in [1.54, 1.807) is 0 Å². The predicted octanol–water partition coefficient (Wildman–Crippen LogP) is 2.23. The van der Waals surface area contributed by atoms with E-state index >= 15 is 0 Å². The minimum Gasteiger partial charge on any atom is -0.490 e. The van der Waals surface area contributed by atoms with Gasteiger partial charge in [-0.25, -0.2) is 0 Å². The first kappa shape index (κ1) is 15.3. The lowest BCUT2D eigenvalue weighted by atomic mass is 10.1. The summed E-state index contributed by atoms with van der Waals surface area (Å²) >= 11 is 0. The summed E-state index contributed by atoms with van der Waals surface area (Å²) in [7, 11) is 0. The van der Waals surface area contributed by atoms with E-state index in [0.717, 1.165) is 37.6 Å². The average Bonchev–Trinajstić information content (AvgIpc) is 2.52. The second kappa shape index (κ2) is 7.62. The number of hydrogen-bond acceptors (Lipinski definition) is 4. The molecule has 1 aliphatic heterocycles. The number of rotatable bonds is 6. The first-order valence-electron chi connectivity index (χ1n) is 7.48. The van der Waals surface area contributed by atoms with Crippen LogP contribution >= 0.6 is 0 Å². The topological polar surface area (TPSA) is 41.9 Å². The van der Waals surface area contributed by atoms with Gasteiger partial charge in [0.15, 0.2) is 0 Å². The van der Waals surface area contributed by atoms with Crippen LogP contribution in [0.2, 0.25) is 0 Å². The van der Waals surface area contributed by atoms with Crippen molar-refractivity contribution in [3.05, 3.63) is 29.8 Å². The van der Waals surface area contributed by atoms with Gasteiger partial charge in [-0.3, -0.25) is 4.90 Å². The van der Waals surface area contributed by atoms with Gasteiger partial charge >= 0.3 is 0 Å². The maximum Gasteiger partial charge on any atom is 0.125 e. The summed E-state index contributed by atoms with van der Waals surface area (Å²) in [6.07, 6.45) is 0.324. The van der Waals surface area contributed by atoms with Gasteiger partial charge < -0.3 is 14.6 Å². The minimum atomic E-state index is -0.467. The molecule has 1 aromatic rings. The van der Waals surface area contributed by atoms with Crippen LogP contribution in [0.4, 0.5) is 0 Å². The Kier molecular flexibility index (Phi) is 5.83. The van der Waals surface area contributed by atoms with Crippen LogP contribution in [0.5, 0.6) is 5.75 Å². The van der Waals surface area contributed by atoms with Crippen molar-refractivity contribution >= 4 is 0 Å². The molecule has 4 nitrogen and oxygen atoms in total. The van der Waals surface area contributed by atoms with Gasteiger partial charge in [-0.15, -0.1) is 0 Å². The van der Waals surface area contributed by atoms with E-state index in [-0.39, 0.29) is 6.10 Å². The molecule has 1 heterocycles. The molecule has 1 aliphatic rings. The molecule has 0 aliphatic carbocycles.